The molecule has 1 aromatic heterocycles. The van der Waals surface area contributed by atoms with Crippen molar-refractivity contribution in [2.75, 3.05) is 0 Å². The number of fused-ring (bicyclic) bond motifs is 3. The maximum absolute atomic E-state index is 14.4. The van der Waals surface area contributed by atoms with Crippen LogP contribution in [0, 0.1) is 5.82 Å². The fourth-order valence-electron chi connectivity index (χ4n) is 3.81. The zero-order valence-corrected chi connectivity index (χ0v) is 13.7. The Hall–Kier alpha value is -2.66. The van der Waals surface area contributed by atoms with Crippen LogP contribution in [0.5, 0.6) is 0 Å². The van der Waals surface area contributed by atoms with E-state index >= 15 is 0 Å². The van der Waals surface area contributed by atoms with Crippen molar-refractivity contribution in [2.45, 2.75) is 31.8 Å². The Kier molecular flexibility index (Phi) is 3.81. The number of hydrogen-bond acceptors (Lipinski definition) is 2. The van der Waals surface area contributed by atoms with E-state index in [0.29, 0.717) is 18.4 Å². The van der Waals surface area contributed by atoms with Crippen molar-refractivity contribution in [3.63, 3.8) is 0 Å². The van der Waals surface area contributed by atoms with Gasteiger partial charge in [0.2, 0.25) is 5.91 Å². The molecule has 0 radical (unpaired) electrons. The minimum atomic E-state index is -0.410. The van der Waals surface area contributed by atoms with Gasteiger partial charge < -0.3 is 15.8 Å². The summed E-state index contributed by atoms with van der Waals surface area (Å²) in [6.07, 6.45) is 1.67. The normalized spacial score (nSPS) is 16.8. The lowest BCUT2D eigenvalue weighted by Crippen LogP contribution is -2.17. The third-order valence-corrected chi connectivity index (χ3v) is 4.93. The number of aliphatic hydroxyl groups excluding tert-OH is 1. The minimum absolute atomic E-state index is 0.121. The lowest BCUT2D eigenvalue weighted by atomic mass is 9.89. The van der Waals surface area contributed by atoms with Crippen molar-refractivity contribution in [1.82, 2.24) is 4.98 Å². The van der Waals surface area contributed by atoms with E-state index in [1.807, 2.05) is 12.1 Å². The molecule has 0 bridgehead atoms. The second-order valence-corrected chi connectivity index (χ2v) is 6.62. The number of nitrogens with one attached hydrogen (secondary N) is 1. The van der Waals surface area contributed by atoms with Crippen molar-refractivity contribution in [3.8, 4) is 11.1 Å². The number of aryl methyl sites for hydroxylation is 1. The van der Waals surface area contributed by atoms with Crippen LogP contribution in [0.2, 0.25) is 0 Å². The molecule has 1 atom stereocenters. The largest absolute Gasteiger partial charge is 0.393 e. The van der Waals surface area contributed by atoms with Gasteiger partial charge in [0, 0.05) is 23.1 Å². The van der Waals surface area contributed by atoms with Gasteiger partial charge in [0.1, 0.15) is 5.82 Å². The van der Waals surface area contributed by atoms with Crippen molar-refractivity contribution in [3.05, 3.63) is 59.0 Å². The van der Waals surface area contributed by atoms with Crippen LogP contribution in [0.4, 0.5) is 4.39 Å². The smallest absolute Gasteiger partial charge is 0.221 e. The number of aromatic amines is 1. The molecule has 1 heterocycles. The number of amides is 1. The molecule has 128 valence electrons. The van der Waals surface area contributed by atoms with Gasteiger partial charge in [-0.25, -0.2) is 4.39 Å². The molecule has 1 unspecified atom stereocenters. The first-order valence-corrected chi connectivity index (χ1v) is 8.41. The second kappa shape index (κ2) is 6.01. The molecule has 0 saturated carbocycles. The number of benzene rings is 2. The molecular weight excluding hydrogens is 319 g/mol. The van der Waals surface area contributed by atoms with E-state index in [1.54, 1.807) is 18.2 Å². The molecule has 2 aromatic carbocycles. The fraction of sp³-hybridized carbons (Fsp3) is 0.250. The van der Waals surface area contributed by atoms with Crippen molar-refractivity contribution in [1.29, 1.82) is 0 Å². The van der Waals surface area contributed by atoms with Crippen LogP contribution in [0.1, 0.15) is 23.2 Å². The van der Waals surface area contributed by atoms with E-state index in [0.717, 1.165) is 39.7 Å². The van der Waals surface area contributed by atoms with Crippen molar-refractivity contribution in [2.24, 2.45) is 5.73 Å². The number of aromatic nitrogens is 1. The molecule has 4 nitrogen and oxygen atoms in total. The Morgan fingerprint density at radius 1 is 1.24 bits per heavy atom. The van der Waals surface area contributed by atoms with Crippen LogP contribution in [0.15, 0.2) is 36.4 Å². The monoisotopic (exact) mass is 338 g/mol. The molecule has 0 aliphatic heterocycles. The van der Waals surface area contributed by atoms with Gasteiger partial charge in [0.05, 0.1) is 18.0 Å². The van der Waals surface area contributed by atoms with Crippen molar-refractivity contribution >= 4 is 16.8 Å². The predicted octanol–water partition coefficient (Wildman–Crippen LogP) is 2.85. The molecule has 4 N–H and O–H groups in total. The van der Waals surface area contributed by atoms with E-state index < -0.39 is 12.0 Å². The molecule has 4 rings (SSSR count). The Morgan fingerprint density at radius 3 is 2.80 bits per heavy atom. The third kappa shape index (κ3) is 2.70. The summed E-state index contributed by atoms with van der Waals surface area (Å²) in [5.74, 6) is -0.703. The van der Waals surface area contributed by atoms with Gasteiger partial charge in [-0.2, -0.15) is 0 Å². The fourth-order valence-corrected chi connectivity index (χ4v) is 3.81. The predicted molar refractivity (Wildman–Crippen MR) is 94.6 cm³/mol. The summed E-state index contributed by atoms with van der Waals surface area (Å²) in [5, 5.41) is 11.0. The van der Waals surface area contributed by atoms with Gasteiger partial charge in [-0.05, 0) is 35.6 Å². The number of halogens is 1. The summed E-state index contributed by atoms with van der Waals surface area (Å²) in [7, 11) is 0. The molecule has 0 saturated heterocycles. The molecule has 1 aliphatic carbocycles. The summed E-state index contributed by atoms with van der Waals surface area (Å²) in [6, 6.07) is 10.3. The maximum atomic E-state index is 14.4. The number of nitrogens with two attached hydrogens (primary N) is 1. The van der Waals surface area contributed by atoms with E-state index in [-0.39, 0.29) is 12.2 Å². The van der Waals surface area contributed by atoms with Gasteiger partial charge in [-0.3, -0.25) is 4.79 Å². The summed E-state index contributed by atoms with van der Waals surface area (Å²) >= 11 is 0. The number of aliphatic hydroxyl groups is 1. The number of hydrogen-bond donors (Lipinski definition) is 3. The van der Waals surface area contributed by atoms with Crippen LogP contribution in [-0.2, 0) is 24.1 Å². The molecule has 0 spiro atoms. The minimum Gasteiger partial charge on any atom is -0.393 e. The summed E-state index contributed by atoms with van der Waals surface area (Å²) in [6.45, 7) is 0. The number of H-pyrrole nitrogens is 1. The second-order valence-electron chi connectivity index (χ2n) is 6.62. The Balaban J connectivity index is 2.02. The van der Waals surface area contributed by atoms with Gasteiger partial charge in [0.25, 0.3) is 0 Å². The molecule has 1 aliphatic rings. The van der Waals surface area contributed by atoms with E-state index in [4.69, 9.17) is 5.73 Å². The van der Waals surface area contributed by atoms with Gasteiger partial charge in [-0.15, -0.1) is 0 Å². The van der Waals surface area contributed by atoms with Crippen LogP contribution in [0.25, 0.3) is 22.0 Å². The molecule has 1 amide bonds. The zero-order valence-electron chi connectivity index (χ0n) is 13.7. The quantitative estimate of drug-likeness (QED) is 0.686. The van der Waals surface area contributed by atoms with E-state index in [1.165, 1.54) is 6.07 Å². The van der Waals surface area contributed by atoms with Crippen molar-refractivity contribution < 1.29 is 14.3 Å². The highest BCUT2D eigenvalue weighted by Gasteiger charge is 2.25. The lowest BCUT2D eigenvalue weighted by molar-refractivity contribution is -0.117. The van der Waals surface area contributed by atoms with Crippen LogP contribution < -0.4 is 5.73 Å². The lowest BCUT2D eigenvalue weighted by Gasteiger charge is -2.18. The zero-order chi connectivity index (χ0) is 17.6. The van der Waals surface area contributed by atoms with E-state index in [2.05, 4.69) is 4.98 Å². The first-order valence-electron chi connectivity index (χ1n) is 8.41. The highest BCUT2D eigenvalue weighted by molar-refractivity contribution is 6.01. The summed E-state index contributed by atoms with van der Waals surface area (Å²) < 4.78 is 14.4. The Labute approximate surface area is 144 Å². The Morgan fingerprint density at radius 2 is 2.04 bits per heavy atom. The number of primary amides is 1. The number of carbonyl (C=O) groups excluding carboxylic acids is 1. The van der Waals surface area contributed by atoms with Gasteiger partial charge in [-0.1, -0.05) is 30.3 Å². The SMILES string of the molecule is NC(=O)Cc1ccc(-c2ccccc2F)c2c3c([nH]c12)CCC(O)C3. The number of rotatable bonds is 3. The highest BCUT2D eigenvalue weighted by atomic mass is 19.1. The average molecular weight is 338 g/mol. The van der Waals surface area contributed by atoms with Crippen LogP contribution in [0.3, 0.4) is 0 Å². The first kappa shape index (κ1) is 15.8. The van der Waals surface area contributed by atoms with E-state index in [9.17, 15) is 14.3 Å². The first-order chi connectivity index (χ1) is 12.0. The third-order valence-electron chi connectivity index (χ3n) is 4.93. The molecular formula is C20H19FN2O2. The maximum Gasteiger partial charge on any atom is 0.221 e. The standard InChI is InChI=1S/C20H19FN2O2/c21-16-4-2-1-3-13(16)14-7-5-11(9-18(22)25)20-19(14)15-10-12(24)6-8-17(15)23-20/h1-5,7,12,23-24H,6,8-10H2,(H2,22,25). The van der Waals surface area contributed by atoms with Crippen LogP contribution >= 0.6 is 0 Å². The molecule has 0 fully saturated rings. The molecule has 5 heteroatoms. The average Bonchev–Trinajstić information content (AvgIpc) is 2.95. The summed E-state index contributed by atoms with van der Waals surface area (Å²) in [5.41, 5.74) is 10.3. The summed E-state index contributed by atoms with van der Waals surface area (Å²) in [4.78, 5) is 14.8. The van der Waals surface area contributed by atoms with Gasteiger partial charge in [0.15, 0.2) is 0 Å². The van der Waals surface area contributed by atoms with Gasteiger partial charge >= 0.3 is 0 Å². The van der Waals surface area contributed by atoms with Crippen LogP contribution in [-0.4, -0.2) is 22.1 Å². The Bertz CT molecular complexity index is 977. The molecule has 3 aromatic rings. The number of carbonyl (C=O) groups is 1. The highest BCUT2D eigenvalue weighted by Crippen LogP contribution is 2.38. The topological polar surface area (TPSA) is 79.1 Å². The molecule has 25 heavy (non-hydrogen) atoms.